The Labute approximate surface area is 136 Å². The van der Waals surface area contributed by atoms with Gasteiger partial charge in [-0.3, -0.25) is 46.2 Å². The molecule has 0 amide bonds. The van der Waals surface area contributed by atoms with Gasteiger partial charge in [0.25, 0.3) is 0 Å². The Kier molecular flexibility index (Phi) is 8.21. The molecule has 10 N–H and O–H groups in total. The normalized spacial score (nSPS) is 13.0. The fraction of sp³-hybridized carbons (Fsp3) is 0.636. The molecule has 1 atom stereocenters. The maximum absolute atomic E-state index is 10.9. The summed E-state index contributed by atoms with van der Waals surface area (Å²) in [6.07, 6.45) is 0. The molecule has 0 spiro atoms. The first-order valence-electron chi connectivity index (χ1n) is 6.53. The quantitative estimate of drug-likeness (QED) is 0.165. The fourth-order valence-corrected chi connectivity index (χ4v) is 2.03. The molecule has 0 fully saturated rings. The molecule has 0 aromatic rings. The van der Waals surface area contributed by atoms with E-state index < -0.39 is 68.4 Å². The van der Waals surface area contributed by atoms with Gasteiger partial charge < -0.3 is 20.4 Å². The van der Waals surface area contributed by atoms with Crippen LogP contribution < -0.4 is 17.2 Å². The molecule has 0 aromatic heterocycles. The van der Waals surface area contributed by atoms with Crippen LogP contribution in [0.1, 0.15) is 0 Å². The van der Waals surface area contributed by atoms with E-state index in [1.54, 1.807) is 0 Å². The lowest BCUT2D eigenvalue weighted by molar-refractivity contribution is -0.147. The molecule has 0 rings (SSSR count). The fourth-order valence-electron chi connectivity index (χ4n) is 2.03. The van der Waals surface area contributed by atoms with Crippen molar-refractivity contribution in [2.24, 2.45) is 17.2 Å². The number of rotatable bonds is 12. The minimum atomic E-state index is -2.11. The van der Waals surface area contributed by atoms with Crippen molar-refractivity contribution in [3.05, 3.63) is 0 Å². The predicted octanol–water partition coefficient (Wildman–Crippen LogP) is -4.17. The molecular weight excluding hydrogens is 330 g/mol. The van der Waals surface area contributed by atoms with Crippen molar-refractivity contribution >= 4 is 23.9 Å². The Hall–Kier alpha value is -2.32. The molecule has 0 aliphatic carbocycles. The summed E-state index contributed by atoms with van der Waals surface area (Å²) in [5.41, 5.74) is 16.6. The van der Waals surface area contributed by atoms with E-state index in [-0.39, 0.29) is 0 Å². The van der Waals surface area contributed by atoms with Crippen LogP contribution in [0, 0.1) is 0 Å². The number of hydrogen-bond acceptors (Lipinski definition) is 9. The maximum Gasteiger partial charge on any atom is 0.317 e. The molecular formula is C11H21N5O8. The molecule has 0 heterocycles. The number of carboxylic acid groups (broad SMARTS) is 4. The van der Waals surface area contributed by atoms with Crippen molar-refractivity contribution in [3.63, 3.8) is 0 Å². The Balaban J connectivity index is 5.51. The molecule has 13 heteroatoms. The lowest BCUT2D eigenvalue weighted by Crippen LogP contribution is -2.73. The molecule has 138 valence electrons. The summed E-state index contributed by atoms with van der Waals surface area (Å²) in [4.78, 5) is 45.2. The van der Waals surface area contributed by atoms with Gasteiger partial charge in [-0.1, -0.05) is 0 Å². The number of aliphatic carboxylic acids is 4. The molecule has 24 heavy (non-hydrogen) atoms. The van der Waals surface area contributed by atoms with Gasteiger partial charge in [-0.15, -0.1) is 0 Å². The van der Waals surface area contributed by atoms with Crippen LogP contribution >= 0.6 is 0 Å². The summed E-state index contributed by atoms with van der Waals surface area (Å²) in [5.74, 6) is -7.61. The van der Waals surface area contributed by atoms with Crippen LogP contribution in [0.15, 0.2) is 0 Å². The van der Waals surface area contributed by atoms with Gasteiger partial charge in [0.15, 0.2) is 0 Å². The lowest BCUT2D eigenvalue weighted by atomic mass is 10.1. The average Bonchev–Trinajstić information content (AvgIpc) is 2.30. The van der Waals surface area contributed by atoms with Crippen LogP contribution in [0.25, 0.3) is 0 Å². The van der Waals surface area contributed by atoms with Gasteiger partial charge in [-0.05, 0) is 0 Å². The minimum absolute atomic E-state index is 0.470. The second-order valence-electron chi connectivity index (χ2n) is 5.17. The highest BCUT2D eigenvalue weighted by atomic mass is 16.4. The average molecular weight is 351 g/mol. The van der Waals surface area contributed by atoms with Gasteiger partial charge in [0.1, 0.15) is 5.79 Å². The van der Waals surface area contributed by atoms with Gasteiger partial charge in [-0.2, -0.15) is 0 Å². The SMILES string of the molecule is NC(N)(N)C(CN(CC(=O)O)CC(=O)O)N(CC(=O)O)CC(=O)O. The van der Waals surface area contributed by atoms with Gasteiger partial charge in [-0.25, -0.2) is 0 Å². The molecule has 0 aliphatic rings. The summed E-state index contributed by atoms with van der Waals surface area (Å²) in [7, 11) is 0. The van der Waals surface area contributed by atoms with E-state index in [1.807, 2.05) is 0 Å². The minimum Gasteiger partial charge on any atom is -0.480 e. The summed E-state index contributed by atoms with van der Waals surface area (Å²) in [6, 6.07) is -1.34. The van der Waals surface area contributed by atoms with Gasteiger partial charge >= 0.3 is 23.9 Å². The van der Waals surface area contributed by atoms with Crippen molar-refractivity contribution in [1.82, 2.24) is 9.80 Å². The summed E-state index contributed by atoms with van der Waals surface area (Å²) < 4.78 is 0. The largest absolute Gasteiger partial charge is 0.480 e. The Morgan fingerprint density at radius 3 is 1.33 bits per heavy atom. The molecule has 0 saturated heterocycles. The van der Waals surface area contributed by atoms with E-state index in [0.717, 1.165) is 9.80 Å². The van der Waals surface area contributed by atoms with Crippen molar-refractivity contribution in [3.8, 4) is 0 Å². The zero-order valence-electron chi connectivity index (χ0n) is 12.7. The monoisotopic (exact) mass is 351 g/mol. The molecule has 0 bridgehead atoms. The third-order valence-electron chi connectivity index (χ3n) is 2.84. The Morgan fingerprint density at radius 2 is 1.08 bits per heavy atom. The van der Waals surface area contributed by atoms with Crippen LogP contribution in [0.2, 0.25) is 0 Å². The second kappa shape index (κ2) is 9.09. The summed E-state index contributed by atoms with van der Waals surface area (Å²) >= 11 is 0. The van der Waals surface area contributed by atoms with Gasteiger partial charge in [0, 0.05) is 6.54 Å². The number of hydrogen-bond donors (Lipinski definition) is 7. The molecule has 0 aromatic carbocycles. The van der Waals surface area contributed by atoms with Crippen molar-refractivity contribution in [2.75, 3.05) is 32.7 Å². The number of carboxylic acids is 4. The highest BCUT2D eigenvalue weighted by Crippen LogP contribution is 2.09. The zero-order chi connectivity index (χ0) is 19.1. The first kappa shape index (κ1) is 21.7. The van der Waals surface area contributed by atoms with E-state index in [2.05, 4.69) is 0 Å². The van der Waals surface area contributed by atoms with Crippen LogP contribution in [-0.4, -0.2) is 98.7 Å². The third kappa shape index (κ3) is 8.96. The molecule has 0 aliphatic heterocycles. The van der Waals surface area contributed by atoms with E-state index in [0.29, 0.717) is 0 Å². The van der Waals surface area contributed by atoms with Crippen LogP contribution in [0.3, 0.4) is 0 Å². The third-order valence-corrected chi connectivity index (χ3v) is 2.84. The highest BCUT2D eigenvalue weighted by Gasteiger charge is 2.36. The topological polar surface area (TPSA) is 234 Å². The predicted molar refractivity (Wildman–Crippen MR) is 77.6 cm³/mol. The van der Waals surface area contributed by atoms with Gasteiger partial charge in [0.05, 0.1) is 32.2 Å². The second-order valence-corrected chi connectivity index (χ2v) is 5.17. The lowest BCUT2D eigenvalue weighted by Gasteiger charge is -2.40. The molecule has 0 radical (unpaired) electrons. The van der Waals surface area contributed by atoms with Crippen LogP contribution in [-0.2, 0) is 19.2 Å². The maximum atomic E-state index is 10.9. The molecule has 1 unspecified atom stereocenters. The van der Waals surface area contributed by atoms with Crippen molar-refractivity contribution in [2.45, 2.75) is 11.8 Å². The number of nitrogens with two attached hydrogens (primary N) is 3. The highest BCUT2D eigenvalue weighted by molar-refractivity contribution is 5.73. The number of carbonyl (C=O) groups is 4. The Bertz CT molecular complexity index is 459. The van der Waals surface area contributed by atoms with E-state index in [4.69, 9.17) is 37.6 Å². The van der Waals surface area contributed by atoms with Crippen molar-refractivity contribution in [1.29, 1.82) is 0 Å². The van der Waals surface area contributed by atoms with E-state index in [1.165, 1.54) is 0 Å². The van der Waals surface area contributed by atoms with E-state index in [9.17, 15) is 19.2 Å². The van der Waals surface area contributed by atoms with E-state index >= 15 is 0 Å². The van der Waals surface area contributed by atoms with Gasteiger partial charge in [0.2, 0.25) is 0 Å². The van der Waals surface area contributed by atoms with Crippen molar-refractivity contribution < 1.29 is 39.6 Å². The Morgan fingerprint density at radius 1 is 0.750 bits per heavy atom. The summed E-state index contributed by atoms with van der Waals surface area (Å²) in [5, 5.41) is 35.4. The molecule has 13 nitrogen and oxygen atoms in total. The summed E-state index contributed by atoms with van der Waals surface area (Å²) in [6.45, 7) is -3.49. The zero-order valence-corrected chi connectivity index (χ0v) is 12.7. The smallest absolute Gasteiger partial charge is 0.317 e. The van der Waals surface area contributed by atoms with Crippen LogP contribution in [0.4, 0.5) is 0 Å². The molecule has 0 saturated carbocycles. The first-order chi connectivity index (χ1) is 10.8. The standard InChI is InChI=1S/C11H21N5O8/c12-11(13,14)6(16(4-9(21)22)5-10(23)24)1-15(2-7(17)18)3-8(19)20/h6H,1-5,12-14H2,(H,17,18)(H,19,20)(H,21,22)(H,23,24). The van der Waals surface area contributed by atoms with Crippen LogP contribution in [0.5, 0.6) is 0 Å². The first-order valence-corrected chi connectivity index (χ1v) is 6.53. The number of nitrogens with zero attached hydrogens (tertiary/aromatic N) is 2.